The molecule has 1 rings (SSSR count). The van der Waals surface area contributed by atoms with Gasteiger partial charge in [-0.25, -0.2) is 0 Å². The van der Waals surface area contributed by atoms with Crippen molar-refractivity contribution in [3.05, 3.63) is 29.8 Å². The van der Waals surface area contributed by atoms with Gasteiger partial charge in [0.1, 0.15) is 0 Å². The summed E-state index contributed by atoms with van der Waals surface area (Å²) in [6.07, 6.45) is 2.00. The minimum absolute atomic E-state index is 0.183. The summed E-state index contributed by atoms with van der Waals surface area (Å²) in [5, 5.41) is -0.183. The highest BCUT2D eigenvalue weighted by Crippen LogP contribution is 2.15. The van der Waals surface area contributed by atoms with Crippen LogP contribution in [0.5, 0.6) is 0 Å². The summed E-state index contributed by atoms with van der Waals surface area (Å²) in [4.78, 5) is 11.9. The third kappa shape index (κ3) is 2.27. The predicted octanol–water partition coefficient (Wildman–Crippen LogP) is 2.48. The molecule has 11 heavy (non-hydrogen) atoms. The summed E-state index contributed by atoms with van der Waals surface area (Å²) in [5.74, 6) is 0. The fraction of sp³-hybridized carbons (Fsp3) is 0.125. The van der Waals surface area contributed by atoms with Gasteiger partial charge >= 0.3 is 0 Å². The maximum absolute atomic E-state index is 10.7. The van der Waals surface area contributed by atoms with Crippen molar-refractivity contribution in [1.29, 1.82) is 0 Å². The highest BCUT2D eigenvalue weighted by molar-refractivity contribution is 7.98. The molecule has 0 saturated heterocycles. The monoisotopic (exact) mass is 184 g/mol. The molecule has 0 amide bonds. The molecule has 3 heteroatoms. The summed E-state index contributed by atoms with van der Waals surface area (Å²) in [6, 6.07) is 7.38. The van der Waals surface area contributed by atoms with E-state index in [1.54, 1.807) is 23.9 Å². The Labute approximate surface area is 75.6 Å². The van der Waals surface area contributed by atoms with E-state index in [1.807, 2.05) is 18.4 Å². The van der Waals surface area contributed by atoms with Gasteiger partial charge in [-0.1, -0.05) is 0 Å². The lowest BCUT2D eigenvalue weighted by Gasteiger charge is -1.96. The van der Waals surface area contributed by atoms with E-state index in [4.69, 9.17) is 0 Å². The zero-order valence-electron chi connectivity index (χ0n) is 6.07. The van der Waals surface area contributed by atoms with Gasteiger partial charge in [-0.05, 0) is 30.5 Å². The van der Waals surface area contributed by atoms with E-state index in [0.29, 0.717) is 5.56 Å². The normalized spacial score (nSPS) is 9.64. The van der Waals surface area contributed by atoms with Crippen molar-refractivity contribution in [3.63, 3.8) is 0 Å². The number of carbonyl (C=O) groups is 1. The molecule has 0 fully saturated rings. The average molecular weight is 184 g/mol. The third-order valence-corrected chi connectivity index (χ3v) is 2.34. The SMILES string of the molecule is CSc1ccc(C(=O)S)cc1. The van der Waals surface area contributed by atoms with E-state index in [2.05, 4.69) is 12.6 Å². The molecule has 1 aromatic rings. The average Bonchev–Trinajstić information content (AvgIpc) is 2.05. The molecule has 0 aliphatic heterocycles. The second-order valence-corrected chi connectivity index (χ2v) is 3.32. The predicted molar refractivity (Wildman–Crippen MR) is 51.5 cm³/mol. The first-order chi connectivity index (χ1) is 5.24. The summed E-state index contributed by atoms with van der Waals surface area (Å²) in [5.41, 5.74) is 0.645. The maximum Gasteiger partial charge on any atom is 0.216 e. The molecule has 0 N–H and O–H groups in total. The number of thiol groups is 1. The van der Waals surface area contributed by atoms with Crippen LogP contribution < -0.4 is 0 Å². The fourth-order valence-corrected chi connectivity index (χ4v) is 1.29. The molecule has 0 aromatic heterocycles. The van der Waals surface area contributed by atoms with Crippen LogP contribution in [0, 0.1) is 0 Å². The summed E-state index contributed by atoms with van der Waals surface area (Å²) < 4.78 is 0. The van der Waals surface area contributed by atoms with E-state index in [0.717, 1.165) is 4.90 Å². The minimum Gasteiger partial charge on any atom is -0.282 e. The zero-order chi connectivity index (χ0) is 8.27. The molecule has 0 aliphatic rings. The van der Waals surface area contributed by atoms with Crippen molar-refractivity contribution < 1.29 is 4.79 Å². The molecule has 1 nitrogen and oxygen atoms in total. The van der Waals surface area contributed by atoms with Gasteiger partial charge in [0.25, 0.3) is 0 Å². The molecule has 58 valence electrons. The smallest absolute Gasteiger partial charge is 0.216 e. The van der Waals surface area contributed by atoms with Crippen LogP contribution in [0.4, 0.5) is 0 Å². The van der Waals surface area contributed by atoms with Crippen molar-refractivity contribution in [1.82, 2.24) is 0 Å². The molecule has 0 aliphatic carbocycles. The first kappa shape index (κ1) is 8.68. The van der Waals surface area contributed by atoms with E-state index in [-0.39, 0.29) is 5.12 Å². The van der Waals surface area contributed by atoms with Gasteiger partial charge < -0.3 is 0 Å². The lowest BCUT2D eigenvalue weighted by molar-refractivity contribution is 0.109. The lowest BCUT2D eigenvalue weighted by atomic mass is 10.2. The molecular formula is C8H8OS2. The zero-order valence-corrected chi connectivity index (χ0v) is 7.78. The Morgan fingerprint density at radius 1 is 1.36 bits per heavy atom. The summed E-state index contributed by atoms with van der Waals surface area (Å²) in [7, 11) is 0. The number of thioether (sulfide) groups is 1. The Kier molecular flexibility index (Phi) is 3.02. The Bertz CT molecular complexity index is 253. The van der Waals surface area contributed by atoms with E-state index >= 15 is 0 Å². The van der Waals surface area contributed by atoms with Crippen LogP contribution in [0.1, 0.15) is 10.4 Å². The van der Waals surface area contributed by atoms with Crippen LogP contribution in [-0.4, -0.2) is 11.4 Å². The van der Waals surface area contributed by atoms with Crippen molar-refractivity contribution >= 4 is 29.5 Å². The summed E-state index contributed by atoms with van der Waals surface area (Å²) in [6.45, 7) is 0. The topological polar surface area (TPSA) is 17.1 Å². The Hall–Kier alpha value is -0.410. The van der Waals surface area contributed by atoms with Gasteiger partial charge in [-0.2, -0.15) is 0 Å². The van der Waals surface area contributed by atoms with Crippen molar-refractivity contribution in [2.75, 3.05) is 6.26 Å². The summed E-state index contributed by atoms with van der Waals surface area (Å²) >= 11 is 5.36. The molecule has 0 radical (unpaired) electrons. The standard InChI is InChI=1S/C8H8OS2/c1-11-7-4-2-6(3-5-7)8(9)10/h2-5H,1H3,(H,9,10). The number of hydrogen-bond acceptors (Lipinski definition) is 2. The molecule has 0 heterocycles. The van der Waals surface area contributed by atoms with Crippen LogP contribution in [0.2, 0.25) is 0 Å². The first-order valence-electron chi connectivity index (χ1n) is 3.11. The molecule has 0 saturated carbocycles. The van der Waals surface area contributed by atoms with Crippen LogP contribution >= 0.6 is 24.4 Å². The molecular weight excluding hydrogens is 176 g/mol. The maximum atomic E-state index is 10.7. The fourth-order valence-electron chi connectivity index (χ4n) is 0.734. The highest BCUT2D eigenvalue weighted by atomic mass is 32.2. The van der Waals surface area contributed by atoms with E-state index < -0.39 is 0 Å². The van der Waals surface area contributed by atoms with Gasteiger partial charge in [-0.3, -0.25) is 4.79 Å². The molecule has 0 bridgehead atoms. The lowest BCUT2D eigenvalue weighted by Crippen LogP contribution is -1.86. The second-order valence-electron chi connectivity index (χ2n) is 2.03. The Morgan fingerprint density at radius 2 is 1.91 bits per heavy atom. The van der Waals surface area contributed by atoms with Crippen molar-refractivity contribution in [2.24, 2.45) is 0 Å². The minimum atomic E-state index is -0.183. The van der Waals surface area contributed by atoms with Gasteiger partial charge in [-0.15, -0.1) is 24.4 Å². The van der Waals surface area contributed by atoms with E-state index in [9.17, 15) is 4.79 Å². The Balaban J connectivity index is 2.91. The third-order valence-electron chi connectivity index (χ3n) is 1.34. The van der Waals surface area contributed by atoms with Gasteiger partial charge in [0.15, 0.2) is 0 Å². The van der Waals surface area contributed by atoms with Crippen LogP contribution in [0.15, 0.2) is 29.2 Å². The van der Waals surface area contributed by atoms with Gasteiger partial charge in [0.2, 0.25) is 5.12 Å². The molecule has 1 aromatic carbocycles. The van der Waals surface area contributed by atoms with Crippen LogP contribution in [0.3, 0.4) is 0 Å². The van der Waals surface area contributed by atoms with Gasteiger partial charge in [0, 0.05) is 10.5 Å². The van der Waals surface area contributed by atoms with Crippen molar-refractivity contribution in [3.8, 4) is 0 Å². The van der Waals surface area contributed by atoms with Crippen LogP contribution in [-0.2, 0) is 0 Å². The quantitative estimate of drug-likeness (QED) is 0.562. The molecule has 0 unspecified atom stereocenters. The second kappa shape index (κ2) is 3.83. The first-order valence-corrected chi connectivity index (χ1v) is 4.78. The van der Waals surface area contributed by atoms with Crippen molar-refractivity contribution in [2.45, 2.75) is 4.90 Å². The number of carbonyl (C=O) groups excluding carboxylic acids is 1. The Morgan fingerprint density at radius 3 is 2.27 bits per heavy atom. The number of rotatable bonds is 2. The largest absolute Gasteiger partial charge is 0.282 e. The van der Waals surface area contributed by atoms with Crippen LogP contribution in [0.25, 0.3) is 0 Å². The number of hydrogen-bond donors (Lipinski definition) is 1. The van der Waals surface area contributed by atoms with Gasteiger partial charge in [0.05, 0.1) is 0 Å². The molecule has 0 spiro atoms. The molecule has 0 atom stereocenters. The number of benzene rings is 1. The highest BCUT2D eigenvalue weighted by Gasteiger charge is 1.97. The van der Waals surface area contributed by atoms with E-state index in [1.165, 1.54) is 0 Å².